The van der Waals surface area contributed by atoms with Gasteiger partial charge in [-0.2, -0.15) is 0 Å². The summed E-state index contributed by atoms with van der Waals surface area (Å²) in [6.45, 7) is 6.50. The van der Waals surface area contributed by atoms with Crippen LogP contribution >= 0.6 is 0 Å². The molecule has 0 rings (SSSR count). The van der Waals surface area contributed by atoms with E-state index in [1.807, 2.05) is 26.4 Å². The highest BCUT2D eigenvalue weighted by atomic mass is 14.7. The number of rotatable bonds is 14. The van der Waals surface area contributed by atoms with Crippen LogP contribution in [0.15, 0.2) is 22.3 Å². The summed E-state index contributed by atoms with van der Waals surface area (Å²) in [5, 5.41) is 0. The predicted molar refractivity (Wildman–Crippen MR) is 102 cm³/mol. The maximum absolute atomic E-state index is 4.53. The van der Waals surface area contributed by atoms with E-state index >= 15 is 0 Å². The number of aliphatic imine (C=N–C) groups is 2. The standard InChI is InChI=1S/C20H38N2/c1-5-8-10-12-14-16-19(15-13-11-9-6-2)20(21-4)17-18-22-7-3/h7,17-19H,5-6,8-16H2,1-4H3/b18-17-,21-20?,22-7?. The van der Waals surface area contributed by atoms with Gasteiger partial charge in [0.25, 0.3) is 0 Å². The predicted octanol–water partition coefficient (Wildman–Crippen LogP) is 6.61. The van der Waals surface area contributed by atoms with Gasteiger partial charge in [-0.25, -0.2) is 0 Å². The molecule has 0 radical (unpaired) electrons. The number of allylic oxidation sites excluding steroid dienone is 1. The lowest BCUT2D eigenvalue weighted by molar-refractivity contribution is 0.491. The van der Waals surface area contributed by atoms with E-state index < -0.39 is 0 Å². The van der Waals surface area contributed by atoms with Gasteiger partial charge >= 0.3 is 0 Å². The number of nitrogens with zero attached hydrogens (tertiary/aromatic N) is 2. The van der Waals surface area contributed by atoms with Crippen molar-refractivity contribution in [2.24, 2.45) is 15.9 Å². The fourth-order valence-electron chi connectivity index (χ4n) is 2.85. The Bertz CT molecular complexity index is 316. The molecule has 1 atom stereocenters. The van der Waals surface area contributed by atoms with Gasteiger partial charge in [-0.05, 0) is 25.8 Å². The second-order valence-electron chi connectivity index (χ2n) is 6.12. The molecular weight excluding hydrogens is 268 g/mol. The van der Waals surface area contributed by atoms with Crippen LogP contribution in [0.4, 0.5) is 0 Å². The Morgan fingerprint density at radius 2 is 1.41 bits per heavy atom. The molecule has 0 saturated heterocycles. The van der Waals surface area contributed by atoms with E-state index in [1.54, 1.807) is 0 Å². The Morgan fingerprint density at radius 1 is 0.864 bits per heavy atom. The van der Waals surface area contributed by atoms with Gasteiger partial charge in [0.1, 0.15) is 0 Å². The van der Waals surface area contributed by atoms with E-state index in [0.29, 0.717) is 5.92 Å². The Kier molecular flexibility index (Phi) is 15.8. The van der Waals surface area contributed by atoms with Crippen LogP contribution in [0.2, 0.25) is 0 Å². The van der Waals surface area contributed by atoms with Gasteiger partial charge in [0.15, 0.2) is 0 Å². The summed E-state index contributed by atoms with van der Waals surface area (Å²) in [6, 6.07) is 0. The van der Waals surface area contributed by atoms with E-state index in [9.17, 15) is 0 Å². The fraction of sp³-hybridized carbons (Fsp3) is 0.800. The van der Waals surface area contributed by atoms with Crippen molar-refractivity contribution in [1.29, 1.82) is 0 Å². The molecule has 0 aromatic carbocycles. The van der Waals surface area contributed by atoms with Crippen molar-refractivity contribution in [1.82, 2.24) is 0 Å². The molecule has 0 aromatic heterocycles. The van der Waals surface area contributed by atoms with Gasteiger partial charge in [0, 0.05) is 31.1 Å². The Hall–Kier alpha value is -0.920. The third kappa shape index (κ3) is 11.7. The molecule has 0 heterocycles. The Morgan fingerprint density at radius 3 is 1.91 bits per heavy atom. The third-order valence-electron chi connectivity index (χ3n) is 4.22. The molecule has 0 fully saturated rings. The smallest absolute Gasteiger partial charge is 0.0391 e. The van der Waals surface area contributed by atoms with E-state index in [-0.39, 0.29) is 0 Å². The largest absolute Gasteiger partial charge is 0.293 e. The van der Waals surface area contributed by atoms with Crippen molar-refractivity contribution in [2.75, 3.05) is 7.05 Å². The Labute approximate surface area is 139 Å². The number of hydrogen-bond donors (Lipinski definition) is 0. The van der Waals surface area contributed by atoms with Crippen molar-refractivity contribution >= 4 is 11.9 Å². The summed E-state index contributed by atoms with van der Waals surface area (Å²) >= 11 is 0. The number of hydrogen-bond acceptors (Lipinski definition) is 2. The molecule has 128 valence electrons. The molecule has 0 N–H and O–H groups in total. The van der Waals surface area contributed by atoms with Crippen LogP contribution in [0.25, 0.3) is 0 Å². The van der Waals surface area contributed by atoms with Crippen molar-refractivity contribution in [3.8, 4) is 0 Å². The van der Waals surface area contributed by atoms with Gasteiger partial charge in [0.2, 0.25) is 0 Å². The number of unbranched alkanes of at least 4 members (excludes halogenated alkanes) is 7. The first kappa shape index (κ1) is 21.1. The quantitative estimate of drug-likeness (QED) is 0.255. The van der Waals surface area contributed by atoms with Crippen molar-refractivity contribution in [2.45, 2.75) is 91.4 Å². The topological polar surface area (TPSA) is 24.7 Å². The zero-order chi connectivity index (χ0) is 16.5. The van der Waals surface area contributed by atoms with Crippen molar-refractivity contribution < 1.29 is 0 Å². The van der Waals surface area contributed by atoms with Crippen LogP contribution in [0, 0.1) is 5.92 Å². The summed E-state index contributed by atoms with van der Waals surface area (Å²) < 4.78 is 0. The highest BCUT2D eigenvalue weighted by molar-refractivity contribution is 5.96. The first-order valence-electron chi connectivity index (χ1n) is 9.41. The lowest BCUT2D eigenvalue weighted by Crippen LogP contribution is -2.13. The first-order chi connectivity index (χ1) is 10.8. The molecule has 0 aliphatic heterocycles. The first-order valence-corrected chi connectivity index (χ1v) is 9.41. The van der Waals surface area contributed by atoms with Crippen molar-refractivity contribution in [3.05, 3.63) is 12.3 Å². The minimum Gasteiger partial charge on any atom is -0.293 e. The molecule has 0 bridgehead atoms. The van der Waals surface area contributed by atoms with Crippen LogP contribution in [-0.2, 0) is 0 Å². The molecule has 2 nitrogen and oxygen atoms in total. The Balaban J connectivity index is 4.40. The maximum Gasteiger partial charge on any atom is 0.0391 e. The molecule has 0 aliphatic carbocycles. The zero-order valence-corrected chi connectivity index (χ0v) is 15.5. The summed E-state index contributed by atoms with van der Waals surface area (Å²) in [7, 11) is 1.92. The summed E-state index contributed by atoms with van der Waals surface area (Å²) in [6.07, 6.45) is 20.5. The minimum absolute atomic E-state index is 0.617. The molecule has 2 heteroatoms. The zero-order valence-electron chi connectivity index (χ0n) is 15.5. The molecule has 0 amide bonds. The molecule has 0 aromatic rings. The maximum atomic E-state index is 4.53. The molecular formula is C20H38N2. The van der Waals surface area contributed by atoms with Gasteiger partial charge in [0.05, 0.1) is 0 Å². The second-order valence-corrected chi connectivity index (χ2v) is 6.12. The highest BCUT2D eigenvalue weighted by Gasteiger charge is 2.13. The second kappa shape index (κ2) is 16.5. The SMILES string of the molecule is CC=N/C=C\C(=NC)C(CCCCCC)CCCCCCC. The molecule has 22 heavy (non-hydrogen) atoms. The van der Waals surface area contributed by atoms with E-state index in [0.717, 1.165) is 0 Å². The average molecular weight is 307 g/mol. The van der Waals surface area contributed by atoms with Gasteiger partial charge < -0.3 is 0 Å². The van der Waals surface area contributed by atoms with E-state index in [4.69, 9.17) is 0 Å². The van der Waals surface area contributed by atoms with Crippen LogP contribution in [0.5, 0.6) is 0 Å². The summed E-state index contributed by atoms with van der Waals surface area (Å²) in [4.78, 5) is 8.72. The van der Waals surface area contributed by atoms with Crippen molar-refractivity contribution in [3.63, 3.8) is 0 Å². The van der Waals surface area contributed by atoms with Gasteiger partial charge in [-0.15, -0.1) is 0 Å². The van der Waals surface area contributed by atoms with Crippen LogP contribution < -0.4 is 0 Å². The van der Waals surface area contributed by atoms with Crippen LogP contribution in [0.3, 0.4) is 0 Å². The normalized spacial score (nSPS) is 14.3. The van der Waals surface area contributed by atoms with E-state index in [1.165, 1.54) is 76.3 Å². The van der Waals surface area contributed by atoms with Gasteiger partial charge in [-0.3, -0.25) is 9.98 Å². The summed E-state index contributed by atoms with van der Waals surface area (Å²) in [5.41, 5.74) is 1.23. The monoisotopic (exact) mass is 306 g/mol. The molecule has 0 spiro atoms. The highest BCUT2D eigenvalue weighted by Crippen LogP contribution is 2.21. The average Bonchev–Trinajstić information content (AvgIpc) is 2.54. The lowest BCUT2D eigenvalue weighted by Gasteiger charge is -2.17. The summed E-state index contributed by atoms with van der Waals surface area (Å²) in [5.74, 6) is 0.617. The van der Waals surface area contributed by atoms with Gasteiger partial charge in [-0.1, -0.05) is 71.6 Å². The third-order valence-corrected chi connectivity index (χ3v) is 4.22. The molecule has 1 unspecified atom stereocenters. The van der Waals surface area contributed by atoms with Crippen LogP contribution in [-0.4, -0.2) is 19.0 Å². The van der Waals surface area contributed by atoms with E-state index in [2.05, 4.69) is 29.9 Å². The lowest BCUT2D eigenvalue weighted by atomic mass is 9.90. The fourth-order valence-corrected chi connectivity index (χ4v) is 2.85. The molecule has 0 saturated carbocycles. The minimum atomic E-state index is 0.617. The molecule has 0 aliphatic rings. The van der Waals surface area contributed by atoms with Crippen LogP contribution in [0.1, 0.15) is 91.4 Å².